The van der Waals surface area contributed by atoms with Crippen molar-refractivity contribution >= 4 is 5.97 Å². The van der Waals surface area contributed by atoms with Gasteiger partial charge in [-0.2, -0.15) is 0 Å². The van der Waals surface area contributed by atoms with Crippen molar-refractivity contribution in [3.05, 3.63) is 47.5 Å². The van der Waals surface area contributed by atoms with E-state index in [0.717, 1.165) is 16.9 Å². The van der Waals surface area contributed by atoms with Crippen LogP contribution in [0.1, 0.15) is 24.2 Å². The average molecular weight is 358 g/mol. The lowest BCUT2D eigenvalue weighted by atomic mass is 9.93. The van der Waals surface area contributed by atoms with Crippen LogP contribution in [0.2, 0.25) is 0 Å². The molecule has 0 N–H and O–H groups in total. The highest BCUT2D eigenvalue weighted by Gasteiger charge is 2.35. The summed E-state index contributed by atoms with van der Waals surface area (Å²) in [5.74, 6) is 2.33. The van der Waals surface area contributed by atoms with E-state index in [1.807, 2.05) is 30.3 Å². The van der Waals surface area contributed by atoms with Gasteiger partial charge in [0.1, 0.15) is 29.1 Å². The predicted molar refractivity (Wildman–Crippen MR) is 95.2 cm³/mol. The van der Waals surface area contributed by atoms with Crippen LogP contribution in [0.15, 0.2) is 36.4 Å². The molecule has 6 heteroatoms. The van der Waals surface area contributed by atoms with Crippen LogP contribution in [0, 0.1) is 0 Å². The number of hydrogen-bond donors (Lipinski definition) is 0. The highest BCUT2D eigenvalue weighted by atomic mass is 16.6. The van der Waals surface area contributed by atoms with Crippen molar-refractivity contribution in [3.63, 3.8) is 0 Å². The van der Waals surface area contributed by atoms with E-state index < -0.39 is 12.2 Å². The third-order valence-electron chi connectivity index (χ3n) is 4.36. The first kappa shape index (κ1) is 17.9. The van der Waals surface area contributed by atoms with Crippen LogP contribution in [-0.4, -0.2) is 33.4 Å². The van der Waals surface area contributed by atoms with Gasteiger partial charge < -0.3 is 23.7 Å². The van der Waals surface area contributed by atoms with E-state index in [9.17, 15) is 4.79 Å². The quantitative estimate of drug-likeness (QED) is 0.764. The third-order valence-corrected chi connectivity index (χ3v) is 4.36. The molecule has 0 unspecified atom stereocenters. The molecule has 2 aromatic rings. The Bertz CT molecular complexity index is 784. The molecule has 0 amide bonds. The van der Waals surface area contributed by atoms with Crippen LogP contribution in [-0.2, 0) is 16.0 Å². The van der Waals surface area contributed by atoms with Gasteiger partial charge in [-0.1, -0.05) is 12.1 Å². The first-order valence-electron chi connectivity index (χ1n) is 8.28. The molecule has 6 nitrogen and oxygen atoms in total. The van der Waals surface area contributed by atoms with Crippen molar-refractivity contribution in [2.24, 2.45) is 0 Å². The molecule has 0 radical (unpaired) electrons. The number of esters is 1. The molecule has 0 aromatic heterocycles. The number of carbonyl (C=O) groups excluding carboxylic acids is 1. The lowest BCUT2D eigenvalue weighted by Crippen LogP contribution is -2.34. The Labute approximate surface area is 152 Å². The van der Waals surface area contributed by atoms with Crippen LogP contribution in [0.4, 0.5) is 0 Å². The Morgan fingerprint density at radius 3 is 2.27 bits per heavy atom. The Hall–Kier alpha value is -2.89. The SMILES string of the molecule is COc1ccc([C@@H]2Oc3cc(OC)cc(OC)c3C[C@@H]2OC(C)=O)cc1. The van der Waals surface area contributed by atoms with Crippen LogP contribution < -0.4 is 18.9 Å². The maximum Gasteiger partial charge on any atom is 0.303 e. The molecule has 1 aliphatic heterocycles. The zero-order valence-corrected chi connectivity index (χ0v) is 15.3. The molecule has 0 saturated carbocycles. The van der Waals surface area contributed by atoms with E-state index in [-0.39, 0.29) is 5.97 Å². The standard InChI is InChI=1S/C20H22O6/c1-12(21)25-19-11-16-17(24-4)9-15(23-3)10-18(16)26-20(19)13-5-7-14(22-2)8-6-13/h5-10,19-20H,11H2,1-4H3/t19-,20-/m0/s1. The van der Waals surface area contributed by atoms with Gasteiger partial charge in [-0.25, -0.2) is 0 Å². The fraction of sp³-hybridized carbons (Fsp3) is 0.350. The monoisotopic (exact) mass is 358 g/mol. The zero-order chi connectivity index (χ0) is 18.7. The van der Waals surface area contributed by atoms with Crippen molar-refractivity contribution in [3.8, 4) is 23.0 Å². The molecular weight excluding hydrogens is 336 g/mol. The summed E-state index contributed by atoms with van der Waals surface area (Å²) < 4.78 is 27.7. The summed E-state index contributed by atoms with van der Waals surface area (Å²) in [6.45, 7) is 1.39. The summed E-state index contributed by atoms with van der Waals surface area (Å²) in [4.78, 5) is 11.6. The summed E-state index contributed by atoms with van der Waals surface area (Å²) in [5.41, 5.74) is 1.74. The van der Waals surface area contributed by atoms with E-state index in [1.54, 1.807) is 27.4 Å². The predicted octanol–water partition coefficient (Wildman–Crippen LogP) is 3.32. The molecule has 0 aliphatic carbocycles. The molecule has 26 heavy (non-hydrogen) atoms. The van der Waals surface area contributed by atoms with Crippen molar-refractivity contribution in [2.45, 2.75) is 25.6 Å². The highest BCUT2D eigenvalue weighted by Crippen LogP contribution is 2.43. The van der Waals surface area contributed by atoms with E-state index >= 15 is 0 Å². The fourth-order valence-electron chi connectivity index (χ4n) is 3.12. The summed E-state index contributed by atoms with van der Waals surface area (Å²) in [6.07, 6.45) is -0.413. The highest BCUT2D eigenvalue weighted by molar-refractivity contribution is 5.66. The molecule has 0 spiro atoms. The molecule has 138 valence electrons. The minimum Gasteiger partial charge on any atom is -0.497 e. The minimum absolute atomic E-state index is 0.354. The summed E-state index contributed by atoms with van der Waals surface area (Å²) in [5, 5.41) is 0. The fourth-order valence-corrected chi connectivity index (χ4v) is 3.12. The topological polar surface area (TPSA) is 63.2 Å². The van der Waals surface area contributed by atoms with Gasteiger partial charge in [0, 0.05) is 31.0 Å². The number of benzene rings is 2. The molecule has 3 rings (SSSR count). The molecule has 2 atom stereocenters. The number of methoxy groups -OCH3 is 3. The number of ether oxygens (including phenoxy) is 5. The molecule has 1 heterocycles. The first-order chi connectivity index (χ1) is 12.5. The van der Waals surface area contributed by atoms with Gasteiger partial charge in [0.25, 0.3) is 0 Å². The minimum atomic E-state index is -0.462. The maximum absolute atomic E-state index is 11.6. The molecular formula is C20H22O6. The first-order valence-corrected chi connectivity index (χ1v) is 8.28. The number of carbonyl (C=O) groups is 1. The van der Waals surface area contributed by atoms with E-state index in [4.69, 9.17) is 23.7 Å². The van der Waals surface area contributed by atoms with Gasteiger partial charge in [-0.3, -0.25) is 4.79 Å². The Balaban J connectivity index is 2.01. The van der Waals surface area contributed by atoms with Crippen molar-refractivity contribution in [1.82, 2.24) is 0 Å². The van der Waals surface area contributed by atoms with Crippen molar-refractivity contribution < 1.29 is 28.5 Å². The average Bonchev–Trinajstić information content (AvgIpc) is 2.66. The Morgan fingerprint density at radius 2 is 1.69 bits per heavy atom. The second-order valence-corrected chi connectivity index (χ2v) is 5.97. The normalized spacial score (nSPS) is 18.3. The van der Waals surface area contributed by atoms with Gasteiger partial charge >= 0.3 is 5.97 Å². The van der Waals surface area contributed by atoms with E-state index in [0.29, 0.717) is 23.7 Å². The third kappa shape index (κ3) is 3.54. The smallest absolute Gasteiger partial charge is 0.303 e. The van der Waals surface area contributed by atoms with Crippen molar-refractivity contribution in [2.75, 3.05) is 21.3 Å². The second-order valence-electron chi connectivity index (χ2n) is 5.97. The lowest BCUT2D eigenvalue weighted by Gasteiger charge is -2.34. The number of hydrogen-bond acceptors (Lipinski definition) is 6. The number of fused-ring (bicyclic) bond motifs is 1. The molecule has 0 saturated heterocycles. The summed E-state index contributed by atoms with van der Waals surface area (Å²) in [7, 11) is 4.79. The van der Waals surface area contributed by atoms with Crippen LogP contribution in [0.3, 0.4) is 0 Å². The van der Waals surface area contributed by atoms with Gasteiger partial charge in [0.2, 0.25) is 0 Å². The second kappa shape index (κ2) is 7.56. The molecule has 0 fully saturated rings. The molecule has 0 bridgehead atoms. The zero-order valence-electron chi connectivity index (χ0n) is 15.3. The van der Waals surface area contributed by atoms with Crippen LogP contribution >= 0.6 is 0 Å². The van der Waals surface area contributed by atoms with Crippen LogP contribution in [0.25, 0.3) is 0 Å². The van der Waals surface area contributed by atoms with Crippen molar-refractivity contribution in [1.29, 1.82) is 0 Å². The largest absolute Gasteiger partial charge is 0.497 e. The van der Waals surface area contributed by atoms with E-state index in [2.05, 4.69) is 0 Å². The van der Waals surface area contributed by atoms with Gasteiger partial charge in [0.05, 0.1) is 21.3 Å². The van der Waals surface area contributed by atoms with Crippen LogP contribution in [0.5, 0.6) is 23.0 Å². The number of rotatable bonds is 5. The Kier molecular flexibility index (Phi) is 5.21. The van der Waals surface area contributed by atoms with E-state index in [1.165, 1.54) is 6.92 Å². The Morgan fingerprint density at radius 1 is 1.00 bits per heavy atom. The maximum atomic E-state index is 11.6. The van der Waals surface area contributed by atoms with Gasteiger partial charge in [-0.05, 0) is 17.7 Å². The molecule has 2 aromatic carbocycles. The summed E-state index contributed by atoms with van der Waals surface area (Å²) in [6, 6.07) is 11.1. The molecule has 1 aliphatic rings. The van der Waals surface area contributed by atoms with Gasteiger partial charge in [0.15, 0.2) is 6.10 Å². The van der Waals surface area contributed by atoms with Gasteiger partial charge in [-0.15, -0.1) is 0 Å². The lowest BCUT2D eigenvalue weighted by molar-refractivity contribution is -0.152. The summed E-state index contributed by atoms with van der Waals surface area (Å²) >= 11 is 0.